The van der Waals surface area contributed by atoms with E-state index >= 15 is 0 Å². The summed E-state index contributed by atoms with van der Waals surface area (Å²) in [4.78, 5) is 12.1. The minimum Gasteiger partial charge on any atom is -0.340 e. The first-order chi connectivity index (χ1) is 7.93. The van der Waals surface area contributed by atoms with Gasteiger partial charge in [-0.1, -0.05) is 0 Å². The van der Waals surface area contributed by atoms with E-state index in [2.05, 4.69) is 20.3 Å². The number of hydrogen-bond donors (Lipinski definition) is 2. The summed E-state index contributed by atoms with van der Waals surface area (Å²) in [7, 11) is 0. The Bertz CT molecular complexity index is 442. The van der Waals surface area contributed by atoms with E-state index in [1.54, 1.807) is 11.3 Å². The third-order valence-electron chi connectivity index (χ3n) is 2.94. The molecule has 2 aromatic heterocycles. The van der Waals surface area contributed by atoms with Crippen LogP contribution in [0, 0.1) is 0 Å². The normalized spacial score (nSPS) is 21.1. The molecule has 1 aliphatic heterocycles. The second kappa shape index (κ2) is 4.35. The quantitative estimate of drug-likeness (QED) is 0.835. The summed E-state index contributed by atoms with van der Waals surface area (Å²) in [6.45, 7) is 2.17. The fourth-order valence-corrected chi connectivity index (χ4v) is 2.70. The number of rotatable bonds is 2. The third-order valence-corrected chi connectivity index (χ3v) is 3.75. The SMILES string of the molecule is c1csc(-c2cnc(C3CCCNC3)[nH]2)n1. The van der Waals surface area contributed by atoms with Crippen LogP contribution in [0.5, 0.6) is 0 Å². The molecule has 0 saturated carbocycles. The van der Waals surface area contributed by atoms with Crippen LogP contribution in [0.3, 0.4) is 0 Å². The molecular formula is C11H14N4S. The Balaban J connectivity index is 1.82. The number of H-pyrrole nitrogens is 1. The Morgan fingerprint density at radius 1 is 1.38 bits per heavy atom. The minimum atomic E-state index is 0.530. The molecule has 0 aromatic carbocycles. The van der Waals surface area contributed by atoms with Gasteiger partial charge in [-0.15, -0.1) is 11.3 Å². The van der Waals surface area contributed by atoms with Gasteiger partial charge in [-0.2, -0.15) is 0 Å². The number of aromatic nitrogens is 3. The maximum absolute atomic E-state index is 4.47. The second-order valence-electron chi connectivity index (χ2n) is 4.06. The highest BCUT2D eigenvalue weighted by Gasteiger charge is 2.18. The van der Waals surface area contributed by atoms with Crippen LogP contribution in [0.2, 0.25) is 0 Å². The average Bonchev–Trinajstić information content (AvgIpc) is 3.01. The molecule has 0 amide bonds. The highest BCUT2D eigenvalue weighted by molar-refractivity contribution is 7.13. The summed E-state index contributed by atoms with van der Waals surface area (Å²) in [5, 5.41) is 6.40. The standard InChI is InChI=1S/C11H14N4S/c1-2-8(6-12-3-1)10-14-7-9(15-10)11-13-4-5-16-11/h4-5,7-8,12H,1-3,6H2,(H,14,15). The second-order valence-corrected chi connectivity index (χ2v) is 4.96. The highest BCUT2D eigenvalue weighted by atomic mass is 32.1. The van der Waals surface area contributed by atoms with Crippen molar-refractivity contribution < 1.29 is 0 Å². The van der Waals surface area contributed by atoms with E-state index < -0.39 is 0 Å². The highest BCUT2D eigenvalue weighted by Crippen LogP contribution is 2.24. The molecule has 3 heterocycles. The Kier molecular flexibility index (Phi) is 2.71. The molecule has 16 heavy (non-hydrogen) atoms. The molecule has 0 bridgehead atoms. The summed E-state index contributed by atoms with van der Waals surface area (Å²) in [5.41, 5.74) is 1.04. The van der Waals surface area contributed by atoms with E-state index in [1.165, 1.54) is 12.8 Å². The van der Waals surface area contributed by atoms with Gasteiger partial charge in [0.25, 0.3) is 0 Å². The first-order valence-corrected chi connectivity index (χ1v) is 6.47. The maximum Gasteiger partial charge on any atom is 0.141 e. The molecule has 0 spiro atoms. The van der Waals surface area contributed by atoms with Crippen LogP contribution in [0.4, 0.5) is 0 Å². The average molecular weight is 234 g/mol. The number of piperidine rings is 1. The summed E-state index contributed by atoms with van der Waals surface area (Å²) < 4.78 is 0. The lowest BCUT2D eigenvalue weighted by Crippen LogP contribution is -2.28. The molecule has 2 aromatic rings. The van der Waals surface area contributed by atoms with Crippen LogP contribution in [0.15, 0.2) is 17.8 Å². The minimum absolute atomic E-state index is 0.530. The van der Waals surface area contributed by atoms with E-state index in [1.807, 2.05) is 17.8 Å². The number of nitrogens with zero attached hydrogens (tertiary/aromatic N) is 2. The van der Waals surface area contributed by atoms with Crippen LogP contribution in [-0.4, -0.2) is 28.0 Å². The van der Waals surface area contributed by atoms with Gasteiger partial charge in [0, 0.05) is 24.0 Å². The maximum atomic E-state index is 4.47. The molecule has 1 fully saturated rings. The Labute approximate surface area is 98.1 Å². The van der Waals surface area contributed by atoms with E-state index in [0.29, 0.717) is 5.92 Å². The van der Waals surface area contributed by atoms with Gasteiger partial charge in [-0.05, 0) is 19.4 Å². The first kappa shape index (κ1) is 9.99. The topological polar surface area (TPSA) is 53.6 Å². The number of imidazole rings is 1. The molecule has 84 valence electrons. The number of aromatic amines is 1. The summed E-state index contributed by atoms with van der Waals surface area (Å²) >= 11 is 1.64. The van der Waals surface area contributed by atoms with Gasteiger partial charge in [0.2, 0.25) is 0 Å². The number of nitrogens with one attached hydrogen (secondary N) is 2. The van der Waals surface area contributed by atoms with Gasteiger partial charge in [-0.3, -0.25) is 0 Å². The van der Waals surface area contributed by atoms with Gasteiger partial charge in [0.15, 0.2) is 0 Å². The van der Waals surface area contributed by atoms with E-state index in [9.17, 15) is 0 Å². The third kappa shape index (κ3) is 1.88. The van der Waals surface area contributed by atoms with Gasteiger partial charge >= 0.3 is 0 Å². The number of thiazole rings is 1. The molecule has 0 radical (unpaired) electrons. The predicted molar refractivity (Wildman–Crippen MR) is 64.5 cm³/mol. The van der Waals surface area contributed by atoms with Crippen molar-refractivity contribution >= 4 is 11.3 Å². The smallest absolute Gasteiger partial charge is 0.141 e. The number of hydrogen-bond acceptors (Lipinski definition) is 4. The lowest BCUT2D eigenvalue weighted by molar-refractivity contribution is 0.449. The van der Waals surface area contributed by atoms with Crippen molar-refractivity contribution in [2.24, 2.45) is 0 Å². The molecular weight excluding hydrogens is 220 g/mol. The molecule has 1 atom stereocenters. The first-order valence-electron chi connectivity index (χ1n) is 5.59. The van der Waals surface area contributed by atoms with Gasteiger partial charge in [-0.25, -0.2) is 9.97 Å². The van der Waals surface area contributed by atoms with Crippen molar-refractivity contribution in [2.45, 2.75) is 18.8 Å². The molecule has 2 N–H and O–H groups in total. The van der Waals surface area contributed by atoms with Crippen molar-refractivity contribution in [1.82, 2.24) is 20.3 Å². The van der Waals surface area contributed by atoms with Crippen LogP contribution in [0.25, 0.3) is 10.7 Å². The zero-order chi connectivity index (χ0) is 10.8. The summed E-state index contributed by atoms with van der Waals surface area (Å²) in [5.74, 6) is 1.62. The van der Waals surface area contributed by atoms with Crippen molar-refractivity contribution in [3.05, 3.63) is 23.6 Å². The van der Waals surface area contributed by atoms with Crippen molar-refractivity contribution in [1.29, 1.82) is 0 Å². The Hall–Kier alpha value is -1.20. The van der Waals surface area contributed by atoms with Crippen LogP contribution < -0.4 is 5.32 Å². The molecule has 4 nitrogen and oxygen atoms in total. The van der Waals surface area contributed by atoms with Crippen LogP contribution in [-0.2, 0) is 0 Å². The van der Waals surface area contributed by atoms with Crippen LogP contribution >= 0.6 is 11.3 Å². The monoisotopic (exact) mass is 234 g/mol. The molecule has 3 rings (SSSR count). The molecule has 0 aliphatic carbocycles. The summed E-state index contributed by atoms with van der Waals surface area (Å²) in [6.07, 6.45) is 6.17. The molecule has 1 aliphatic rings. The van der Waals surface area contributed by atoms with Gasteiger partial charge < -0.3 is 10.3 Å². The van der Waals surface area contributed by atoms with Crippen molar-refractivity contribution in [2.75, 3.05) is 13.1 Å². The molecule has 1 saturated heterocycles. The molecule has 5 heteroatoms. The molecule has 1 unspecified atom stereocenters. The zero-order valence-electron chi connectivity index (χ0n) is 8.94. The van der Waals surface area contributed by atoms with Crippen molar-refractivity contribution in [3.8, 4) is 10.7 Å². The Morgan fingerprint density at radius 3 is 3.12 bits per heavy atom. The predicted octanol–water partition coefficient (Wildman–Crippen LogP) is 2.00. The largest absolute Gasteiger partial charge is 0.340 e. The van der Waals surface area contributed by atoms with E-state index in [4.69, 9.17) is 0 Å². The fraction of sp³-hybridized carbons (Fsp3) is 0.455. The zero-order valence-corrected chi connectivity index (χ0v) is 9.76. The van der Waals surface area contributed by atoms with E-state index in [0.717, 1.165) is 29.6 Å². The van der Waals surface area contributed by atoms with Gasteiger partial charge in [0.1, 0.15) is 10.8 Å². The Morgan fingerprint density at radius 2 is 2.38 bits per heavy atom. The fourth-order valence-electron chi connectivity index (χ4n) is 2.09. The van der Waals surface area contributed by atoms with Crippen LogP contribution in [0.1, 0.15) is 24.6 Å². The lowest BCUT2D eigenvalue weighted by atomic mass is 9.99. The lowest BCUT2D eigenvalue weighted by Gasteiger charge is -2.20. The van der Waals surface area contributed by atoms with E-state index in [-0.39, 0.29) is 0 Å². The van der Waals surface area contributed by atoms with Gasteiger partial charge in [0.05, 0.1) is 11.9 Å². The summed E-state index contributed by atoms with van der Waals surface area (Å²) in [6, 6.07) is 0. The van der Waals surface area contributed by atoms with Crippen molar-refractivity contribution in [3.63, 3.8) is 0 Å².